The Labute approximate surface area is 236 Å². The average molecular weight is 555 g/mol. The van der Waals surface area contributed by atoms with E-state index in [1.54, 1.807) is 14.0 Å². The van der Waals surface area contributed by atoms with Crippen molar-refractivity contribution in [3.8, 4) is 11.1 Å². The maximum absolute atomic E-state index is 13.1. The van der Waals surface area contributed by atoms with E-state index in [9.17, 15) is 19.5 Å². The predicted octanol–water partition coefficient (Wildman–Crippen LogP) is 4.57. The number of nitrogens with zero attached hydrogens (tertiary/aromatic N) is 2. The second-order valence-electron chi connectivity index (χ2n) is 9.81. The molecule has 10 nitrogen and oxygen atoms in total. The zero-order valence-electron chi connectivity index (χ0n) is 22.6. The van der Waals surface area contributed by atoms with Gasteiger partial charge in [-0.2, -0.15) is 5.10 Å². The molecule has 4 aromatic rings. The van der Waals surface area contributed by atoms with Crippen molar-refractivity contribution in [1.82, 2.24) is 15.1 Å². The Morgan fingerprint density at radius 1 is 0.951 bits per heavy atom. The monoisotopic (exact) mass is 554 g/mol. The lowest BCUT2D eigenvalue weighted by atomic mass is 9.98. The van der Waals surface area contributed by atoms with Crippen LogP contribution in [0.4, 0.5) is 10.6 Å². The van der Waals surface area contributed by atoms with E-state index in [4.69, 9.17) is 9.47 Å². The Morgan fingerprint density at radius 2 is 1.56 bits per heavy atom. The Kier molecular flexibility index (Phi) is 8.11. The van der Waals surface area contributed by atoms with Crippen LogP contribution in [0.15, 0.2) is 85.1 Å². The van der Waals surface area contributed by atoms with Crippen molar-refractivity contribution in [2.24, 2.45) is 7.05 Å². The molecule has 210 valence electrons. The molecule has 0 radical (unpaired) electrons. The molecule has 3 N–H and O–H groups in total. The first-order chi connectivity index (χ1) is 19.8. The van der Waals surface area contributed by atoms with Gasteiger partial charge in [-0.1, -0.05) is 78.9 Å². The normalized spacial score (nSPS) is 13.5. The van der Waals surface area contributed by atoms with Crippen LogP contribution in [0.5, 0.6) is 0 Å². The van der Waals surface area contributed by atoms with E-state index in [0.29, 0.717) is 0 Å². The van der Waals surface area contributed by atoms with Gasteiger partial charge in [-0.05, 0) is 34.7 Å². The highest BCUT2D eigenvalue weighted by Crippen LogP contribution is 2.44. The number of carboxylic acids is 1. The Morgan fingerprint density at radius 3 is 2.20 bits per heavy atom. The van der Waals surface area contributed by atoms with Crippen molar-refractivity contribution >= 4 is 23.8 Å². The van der Waals surface area contributed by atoms with E-state index in [1.807, 2.05) is 78.9 Å². The van der Waals surface area contributed by atoms with Gasteiger partial charge >= 0.3 is 12.1 Å². The highest BCUT2D eigenvalue weighted by Gasteiger charge is 2.31. The molecule has 0 unspecified atom stereocenters. The largest absolute Gasteiger partial charge is 0.480 e. The number of ether oxygens (including phenoxy) is 2. The van der Waals surface area contributed by atoms with Gasteiger partial charge in [0, 0.05) is 19.2 Å². The van der Waals surface area contributed by atoms with E-state index in [-0.39, 0.29) is 30.5 Å². The zero-order chi connectivity index (χ0) is 28.9. The molecule has 0 spiro atoms. The second kappa shape index (κ2) is 12.1. The molecule has 0 aliphatic heterocycles. The third kappa shape index (κ3) is 6.12. The number of aryl methyl sites for hydroxylation is 1. The second-order valence-corrected chi connectivity index (χ2v) is 9.81. The summed E-state index contributed by atoms with van der Waals surface area (Å²) in [4.78, 5) is 37.9. The molecule has 2 atom stereocenters. The molecule has 0 bridgehead atoms. The van der Waals surface area contributed by atoms with Gasteiger partial charge in [0.25, 0.3) is 5.91 Å². The SMILES string of the molecule is C[C@H](OCc1ccccc1)[C@@H](NC(=O)c1cn(C)nc1NC(=O)OCC1c2ccccc2-c2ccccc21)C(=O)O. The summed E-state index contributed by atoms with van der Waals surface area (Å²) in [6.45, 7) is 1.84. The average Bonchev–Trinajstić information content (AvgIpc) is 3.50. The highest BCUT2D eigenvalue weighted by molar-refractivity contribution is 6.02. The molecular formula is C31H30N4O6. The molecule has 41 heavy (non-hydrogen) atoms. The standard InChI is InChI=1S/C31H30N4O6/c1-19(40-17-20-10-4-3-5-11-20)27(30(37)38)32-29(36)25-16-35(2)34-28(25)33-31(39)41-18-26-23-14-8-6-12-21(23)22-13-7-9-15-24(22)26/h3-16,19,26-27H,17-18H2,1-2H3,(H,32,36)(H,37,38)(H,33,34,39)/t19-,27+/m0/s1. The molecule has 1 aliphatic carbocycles. The van der Waals surface area contributed by atoms with E-state index in [1.165, 1.54) is 10.9 Å². The van der Waals surface area contributed by atoms with E-state index >= 15 is 0 Å². The van der Waals surface area contributed by atoms with Crippen molar-refractivity contribution in [2.75, 3.05) is 11.9 Å². The molecule has 1 heterocycles. The summed E-state index contributed by atoms with van der Waals surface area (Å²) in [7, 11) is 1.58. The summed E-state index contributed by atoms with van der Waals surface area (Å²) in [5, 5.41) is 18.9. The summed E-state index contributed by atoms with van der Waals surface area (Å²) in [5.74, 6) is -2.17. The number of hydrogen-bond donors (Lipinski definition) is 3. The summed E-state index contributed by atoms with van der Waals surface area (Å²) in [6, 6.07) is 23.9. The number of carboxylic acid groups (broad SMARTS) is 1. The number of hydrogen-bond acceptors (Lipinski definition) is 6. The number of carbonyl (C=O) groups excluding carboxylic acids is 2. The third-order valence-corrected chi connectivity index (χ3v) is 7.02. The fourth-order valence-electron chi connectivity index (χ4n) is 4.98. The third-order valence-electron chi connectivity index (χ3n) is 7.02. The van der Waals surface area contributed by atoms with E-state index in [2.05, 4.69) is 15.7 Å². The molecule has 3 aromatic carbocycles. The van der Waals surface area contributed by atoms with Crippen molar-refractivity contribution < 1.29 is 29.0 Å². The topological polar surface area (TPSA) is 132 Å². The van der Waals surface area contributed by atoms with Crippen molar-refractivity contribution in [1.29, 1.82) is 0 Å². The molecule has 1 aromatic heterocycles. The van der Waals surface area contributed by atoms with Crippen LogP contribution in [0, 0.1) is 0 Å². The van der Waals surface area contributed by atoms with Gasteiger partial charge in [-0.3, -0.25) is 14.8 Å². The minimum Gasteiger partial charge on any atom is -0.480 e. The van der Waals surface area contributed by atoms with Gasteiger partial charge in [0.1, 0.15) is 12.2 Å². The smallest absolute Gasteiger partial charge is 0.412 e. The summed E-state index contributed by atoms with van der Waals surface area (Å²) in [6.07, 6.45) is -0.233. The summed E-state index contributed by atoms with van der Waals surface area (Å²) >= 11 is 0. The van der Waals surface area contributed by atoms with Gasteiger partial charge in [0.05, 0.1) is 12.7 Å². The summed E-state index contributed by atoms with van der Waals surface area (Å²) in [5.41, 5.74) is 5.22. The first kappa shape index (κ1) is 27.6. The summed E-state index contributed by atoms with van der Waals surface area (Å²) < 4.78 is 12.6. The van der Waals surface area contributed by atoms with Crippen molar-refractivity contribution in [3.05, 3.63) is 107 Å². The molecule has 0 saturated heterocycles. The zero-order valence-corrected chi connectivity index (χ0v) is 22.6. The number of benzene rings is 3. The Bertz CT molecular complexity index is 1520. The predicted molar refractivity (Wildman–Crippen MR) is 151 cm³/mol. The van der Waals surface area contributed by atoms with Crippen LogP contribution < -0.4 is 10.6 Å². The Hall–Kier alpha value is -4.96. The van der Waals surface area contributed by atoms with Gasteiger partial charge in [-0.25, -0.2) is 9.59 Å². The molecule has 5 rings (SSSR count). The first-order valence-corrected chi connectivity index (χ1v) is 13.2. The number of aromatic nitrogens is 2. The highest BCUT2D eigenvalue weighted by atomic mass is 16.5. The number of anilines is 1. The van der Waals surface area contributed by atoms with Crippen LogP contribution in [-0.4, -0.2) is 51.6 Å². The van der Waals surface area contributed by atoms with Gasteiger partial charge < -0.3 is 19.9 Å². The molecule has 0 fully saturated rings. The van der Waals surface area contributed by atoms with Crippen molar-refractivity contribution in [3.63, 3.8) is 0 Å². The van der Waals surface area contributed by atoms with Crippen LogP contribution in [-0.2, 0) is 27.9 Å². The molecule has 1 aliphatic rings. The number of carbonyl (C=O) groups is 3. The van der Waals surface area contributed by atoms with Crippen LogP contribution in [0.1, 0.15) is 39.9 Å². The lowest BCUT2D eigenvalue weighted by molar-refractivity contribution is -0.143. The van der Waals surface area contributed by atoms with Crippen molar-refractivity contribution in [2.45, 2.75) is 31.6 Å². The van der Waals surface area contributed by atoms with Crippen LogP contribution in [0.3, 0.4) is 0 Å². The van der Waals surface area contributed by atoms with E-state index in [0.717, 1.165) is 27.8 Å². The number of aliphatic carboxylic acids is 1. The fourth-order valence-corrected chi connectivity index (χ4v) is 4.98. The first-order valence-electron chi connectivity index (χ1n) is 13.2. The Balaban J connectivity index is 1.23. The lowest BCUT2D eigenvalue weighted by Crippen LogP contribution is -2.48. The number of amides is 2. The quantitative estimate of drug-likeness (QED) is 0.262. The van der Waals surface area contributed by atoms with E-state index < -0.39 is 30.1 Å². The van der Waals surface area contributed by atoms with Gasteiger partial charge in [0.15, 0.2) is 11.9 Å². The molecule has 0 saturated carbocycles. The lowest BCUT2D eigenvalue weighted by Gasteiger charge is -2.22. The van der Waals surface area contributed by atoms with Crippen LogP contribution in [0.25, 0.3) is 11.1 Å². The minimum absolute atomic E-state index is 0.0116. The minimum atomic E-state index is -1.34. The van der Waals surface area contributed by atoms with Gasteiger partial charge in [0.2, 0.25) is 0 Å². The fraction of sp³-hybridized carbons (Fsp3) is 0.226. The molecular weight excluding hydrogens is 524 g/mol. The molecule has 2 amide bonds. The maximum atomic E-state index is 13.1. The molecule has 10 heteroatoms. The van der Waals surface area contributed by atoms with Crippen LogP contribution in [0.2, 0.25) is 0 Å². The number of rotatable bonds is 10. The number of fused-ring (bicyclic) bond motifs is 3. The van der Waals surface area contributed by atoms with Crippen LogP contribution >= 0.6 is 0 Å². The van der Waals surface area contributed by atoms with Gasteiger partial charge in [-0.15, -0.1) is 0 Å². The maximum Gasteiger partial charge on any atom is 0.412 e. The number of nitrogens with one attached hydrogen (secondary N) is 2.